The van der Waals surface area contributed by atoms with Gasteiger partial charge in [-0.25, -0.2) is 4.39 Å². The number of aromatic nitrogens is 2. The molecule has 2 aromatic carbocycles. The van der Waals surface area contributed by atoms with Gasteiger partial charge in [-0.05, 0) is 70.5 Å². The number of fused-ring (bicyclic) bond motifs is 2. The number of carbonyl (C=O) groups is 1. The molecule has 9 nitrogen and oxygen atoms in total. The largest absolute Gasteiger partial charge is 0.462 e. The molecule has 0 N–H and O–H groups in total. The fourth-order valence-electron chi connectivity index (χ4n) is 6.44. The third-order valence-corrected chi connectivity index (χ3v) is 9.29. The molecule has 6 rings (SSSR count). The van der Waals surface area contributed by atoms with E-state index in [0.29, 0.717) is 57.9 Å². The van der Waals surface area contributed by atoms with E-state index >= 15 is 0 Å². The van der Waals surface area contributed by atoms with Crippen molar-refractivity contribution in [3.8, 4) is 6.01 Å². The number of nitrogens with zero attached hydrogens (tertiary/aromatic N) is 7. The quantitative estimate of drug-likeness (QED) is 0.344. The Balaban J connectivity index is 1.25. The highest BCUT2D eigenvalue weighted by atomic mass is 35.5. The van der Waals surface area contributed by atoms with Crippen molar-refractivity contribution in [3.63, 3.8) is 0 Å². The van der Waals surface area contributed by atoms with Gasteiger partial charge < -0.3 is 29.2 Å². The van der Waals surface area contributed by atoms with Crippen LogP contribution in [0.4, 0.5) is 15.9 Å². The lowest BCUT2D eigenvalue weighted by atomic mass is 10.0. The van der Waals surface area contributed by atoms with Crippen LogP contribution in [0.1, 0.15) is 24.1 Å². The first kappa shape index (κ1) is 30.6. The molecule has 1 aromatic heterocycles. The van der Waals surface area contributed by atoms with Crippen LogP contribution in [0.25, 0.3) is 10.8 Å². The fraction of sp³-hybridized carbons (Fsp3) is 0.485. The van der Waals surface area contributed by atoms with Crippen LogP contribution in [0.15, 0.2) is 48.3 Å². The predicted octanol–water partition coefficient (Wildman–Crippen LogP) is 4.38. The number of piperazine rings is 1. The number of amides is 1. The molecule has 2 fully saturated rings. The molecule has 1 amide bonds. The zero-order valence-corrected chi connectivity index (χ0v) is 26.6. The van der Waals surface area contributed by atoms with E-state index in [-0.39, 0.29) is 0 Å². The Morgan fingerprint density at radius 1 is 1.07 bits per heavy atom. The van der Waals surface area contributed by atoms with E-state index in [0.717, 1.165) is 70.9 Å². The first-order valence-corrected chi connectivity index (χ1v) is 15.9. The topological polar surface area (TPSA) is 68.3 Å². The van der Waals surface area contributed by atoms with Crippen LogP contribution in [0.3, 0.4) is 0 Å². The second-order valence-corrected chi connectivity index (χ2v) is 12.6. The van der Waals surface area contributed by atoms with E-state index in [4.69, 9.17) is 26.3 Å². The monoisotopic (exact) mass is 621 g/mol. The average Bonchev–Trinajstić information content (AvgIpc) is 3.45. The summed E-state index contributed by atoms with van der Waals surface area (Å²) < 4.78 is 20.8. The van der Waals surface area contributed by atoms with E-state index in [1.165, 1.54) is 6.08 Å². The van der Waals surface area contributed by atoms with Crippen LogP contribution in [0, 0.1) is 0 Å². The van der Waals surface area contributed by atoms with E-state index in [2.05, 4.69) is 46.0 Å². The fourth-order valence-corrected chi connectivity index (χ4v) is 6.72. The molecular formula is C33H41ClFN7O2. The summed E-state index contributed by atoms with van der Waals surface area (Å²) >= 11 is 6.69. The molecular weight excluding hydrogens is 581 g/mol. The van der Waals surface area contributed by atoms with Crippen LogP contribution in [0.5, 0.6) is 6.01 Å². The molecule has 0 bridgehead atoms. The summed E-state index contributed by atoms with van der Waals surface area (Å²) in [4.78, 5) is 32.9. The summed E-state index contributed by atoms with van der Waals surface area (Å²) in [5, 5.41) is 2.88. The molecule has 3 aliphatic rings. The highest BCUT2D eigenvalue weighted by Crippen LogP contribution is 2.37. The smallest absolute Gasteiger partial charge is 0.318 e. The van der Waals surface area contributed by atoms with Crippen LogP contribution < -0.4 is 14.5 Å². The van der Waals surface area contributed by atoms with Crippen molar-refractivity contribution in [2.45, 2.75) is 31.8 Å². The standard InChI is InChI=1S/C33H41ClFN7O2/c1-38(2)15-13-27(35)32(43)41-19-17-40(18-20-41)31-25-12-16-42(29-11-5-8-23-7-4-10-26(34)30(23)29)21-28(25)36-33(37-31)44-22-24-9-6-14-39(24)3/h4-5,7-8,10-11,13,24H,6,9,12,14-22H2,1-3H3/b27-13+/t24-/m0/s1. The third-order valence-electron chi connectivity index (χ3n) is 8.98. The minimum atomic E-state index is -0.701. The van der Waals surface area contributed by atoms with Crippen LogP contribution >= 0.6 is 11.6 Å². The Morgan fingerprint density at radius 3 is 2.57 bits per heavy atom. The molecule has 44 heavy (non-hydrogen) atoms. The second-order valence-electron chi connectivity index (χ2n) is 12.2. The van der Waals surface area contributed by atoms with Crippen LogP contribution in [-0.2, 0) is 17.8 Å². The maximum absolute atomic E-state index is 14.6. The van der Waals surface area contributed by atoms with Crippen molar-refractivity contribution in [2.24, 2.45) is 0 Å². The van der Waals surface area contributed by atoms with Crippen molar-refractivity contribution in [1.29, 1.82) is 0 Å². The minimum absolute atomic E-state index is 0.345. The summed E-state index contributed by atoms with van der Waals surface area (Å²) in [5.41, 5.74) is 3.14. The molecule has 4 heterocycles. The SMILES string of the molecule is CN(C)C/C=C(/F)C(=O)N1CCN(c2nc(OC[C@@H]3CCCN3C)nc3c2CCN(c2cccc4cccc(Cl)c24)C3)CC1. The molecule has 0 spiro atoms. The summed E-state index contributed by atoms with van der Waals surface area (Å²) in [6.45, 7) is 5.35. The van der Waals surface area contributed by atoms with Crippen molar-refractivity contribution >= 4 is 39.8 Å². The summed E-state index contributed by atoms with van der Waals surface area (Å²) in [6, 6.07) is 13.0. The van der Waals surface area contributed by atoms with Crippen molar-refractivity contribution in [1.82, 2.24) is 24.7 Å². The van der Waals surface area contributed by atoms with Crippen molar-refractivity contribution in [2.75, 3.05) is 83.4 Å². The number of anilines is 2. The number of halogens is 2. The Labute approximate surface area is 263 Å². The first-order valence-electron chi connectivity index (χ1n) is 15.5. The normalized spacial score (nSPS) is 19.6. The van der Waals surface area contributed by atoms with Gasteiger partial charge in [0.2, 0.25) is 0 Å². The minimum Gasteiger partial charge on any atom is -0.462 e. The molecule has 1 atom stereocenters. The van der Waals surface area contributed by atoms with Crippen LogP contribution in [0.2, 0.25) is 5.02 Å². The number of carbonyl (C=O) groups excluding carboxylic acids is 1. The van der Waals surface area contributed by atoms with Gasteiger partial charge in [-0.2, -0.15) is 9.97 Å². The van der Waals surface area contributed by atoms with E-state index in [9.17, 15) is 9.18 Å². The zero-order chi connectivity index (χ0) is 30.8. The van der Waals surface area contributed by atoms with Gasteiger partial charge in [0.25, 0.3) is 5.91 Å². The molecule has 0 unspecified atom stereocenters. The van der Waals surface area contributed by atoms with Crippen molar-refractivity contribution < 1.29 is 13.9 Å². The molecule has 0 saturated carbocycles. The van der Waals surface area contributed by atoms with Gasteiger partial charge in [0, 0.05) is 61.9 Å². The maximum atomic E-state index is 14.6. The molecule has 234 valence electrons. The van der Waals surface area contributed by atoms with Gasteiger partial charge in [-0.1, -0.05) is 35.9 Å². The Bertz CT molecular complexity index is 1540. The molecule has 11 heteroatoms. The third kappa shape index (κ3) is 6.48. The lowest BCUT2D eigenvalue weighted by Crippen LogP contribution is -2.49. The molecule has 2 saturated heterocycles. The lowest BCUT2D eigenvalue weighted by molar-refractivity contribution is -0.129. The van der Waals surface area contributed by atoms with Gasteiger partial charge >= 0.3 is 6.01 Å². The summed E-state index contributed by atoms with van der Waals surface area (Å²) in [7, 11) is 5.82. The van der Waals surface area contributed by atoms with Gasteiger partial charge in [-0.3, -0.25) is 4.79 Å². The number of rotatable bonds is 8. The molecule has 3 aliphatic heterocycles. The first-order chi connectivity index (χ1) is 21.3. The lowest BCUT2D eigenvalue weighted by Gasteiger charge is -2.38. The Morgan fingerprint density at radius 2 is 1.84 bits per heavy atom. The van der Waals surface area contributed by atoms with E-state index in [1.807, 2.05) is 31.1 Å². The molecule has 3 aromatic rings. The van der Waals surface area contributed by atoms with E-state index < -0.39 is 11.7 Å². The Hall–Kier alpha value is -3.47. The maximum Gasteiger partial charge on any atom is 0.318 e. The van der Waals surface area contributed by atoms with Gasteiger partial charge in [0.05, 0.1) is 17.3 Å². The number of hydrogen-bond donors (Lipinski definition) is 0. The molecule has 0 radical (unpaired) electrons. The number of hydrogen-bond acceptors (Lipinski definition) is 8. The van der Waals surface area contributed by atoms with Gasteiger partial charge in [0.1, 0.15) is 12.4 Å². The second kappa shape index (κ2) is 13.3. The highest BCUT2D eigenvalue weighted by molar-refractivity contribution is 6.36. The number of likely N-dealkylation sites (tertiary alicyclic amines) is 1. The van der Waals surface area contributed by atoms with Crippen LogP contribution in [-0.4, -0.2) is 110 Å². The average molecular weight is 622 g/mol. The van der Waals surface area contributed by atoms with Crippen molar-refractivity contribution in [3.05, 3.63) is 64.6 Å². The zero-order valence-electron chi connectivity index (χ0n) is 25.8. The van der Waals surface area contributed by atoms with Gasteiger partial charge in [-0.15, -0.1) is 0 Å². The highest BCUT2D eigenvalue weighted by Gasteiger charge is 2.31. The number of benzene rings is 2. The van der Waals surface area contributed by atoms with E-state index in [1.54, 1.807) is 4.90 Å². The summed E-state index contributed by atoms with van der Waals surface area (Å²) in [5.74, 6) is -0.394. The summed E-state index contributed by atoms with van der Waals surface area (Å²) in [6.07, 6.45) is 4.37. The number of likely N-dealkylation sites (N-methyl/N-ethyl adjacent to an activating group) is 2. The van der Waals surface area contributed by atoms with Gasteiger partial charge in [0.15, 0.2) is 5.83 Å². The molecule has 0 aliphatic carbocycles. The Kier molecular flexibility index (Phi) is 9.21. The predicted molar refractivity (Wildman–Crippen MR) is 173 cm³/mol. The number of ether oxygens (including phenoxy) is 1.